The van der Waals surface area contributed by atoms with E-state index in [0.29, 0.717) is 5.56 Å². The topological polar surface area (TPSA) is 113 Å². The number of benzene rings is 2. The molecule has 31 heavy (non-hydrogen) atoms. The van der Waals surface area contributed by atoms with Gasteiger partial charge in [-0.15, -0.1) is 0 Å². The molecule has 7 nitrogen and oxygen atoms in total. The van der Waals surface area contributed by atoms with Crippen molar-refractivity contribution in [3.8, 4) is 5.75 Å². The molecule has 0 saturated carbocycles. The molecule has 0 spiro atoms. The lowest BCUT2D eigenvalue weighted by Crippen LogP contribution is -2.40. The van der Waals surface area contributed by atoms with Crippen molar-refractivity contribution in [3.63, 3.8) is 0 Å². The number of sulfonamides is 1. The van der Waals surface area contributed by atoms with Crippen LogP contribution in [0.1, 0.15) is 38.3 Å². The van der Waals surface area contributed by atoms with E-state index in [9.17, 15) is 27.8 Å². The van der Waals surface area contributed by atoms with E-state index in [1.54, 1.807) is 20.8 Å². The minimum absolute atomic E-state index is 0.00294. The van der Waals surface area contributed by atoms with Gasteiger partial charge in [0.05, 0.1) is 12.0 Å². The van der Waals surface area contributed by atoms with E-state index >= 15 is 0 Å². The molecule has 0 unspecified atom stereocenters. The molecule has 0 saturated heterocycles. The lowest BCUT2D eigenvalue weighted by Gasteiger charge is -2.20. The van der Waals surface area contributed by atoms with Gasteiger partial charge in [0.15, 0.2) is 11.6 Å². The van der Waals surface area contributed by atoms with Gasteiger partial charge in [0.25, 0.3) is 0 Å². The summed E-state index contributed by atoms with van der Waals surface area (Å²) in [5.74, 6) is -1.96. The number of ether oxygens (including phenoxy) is 1. The summed E-state index contributed by atoms with van der Waals surface area (Å²) in [6.07, 6.45) is -0.177. The number of carboxylic acids is 1. The van der Waals surface area contributed by atoms with E-state index in [0.717, 1.165) is 6.07 Å². The average Bonchev–Trinajstić information content (AvgIpc) is 2.66. The number of hydrogen-bond acceptors (Lipinski definition) is 5. The first kappa shape index (κ1) is 24.5. The minimum atomic E-state index is -3.79. The summed E-state index contributed by atoms with van der Waals surface area (Å²) in [6, 6.07) is 9.62. The maximum absolute atomic E-state index is 14.3. The fraction of sp³-hybridized carbons (Fsp3) is 0.318. The normalized spacial score (nSPS) is 13.0. The second-order valence-corrected chi connectivity index (χ2v) is 9.54. The van der Waals surface area contributed by atoms with Gasteiger partial charge < -0.3 is 14.9 Å². The minimum Gasteiger partial charge on any atom is -0.494 e. The molecule has 0 atom stereocenters. The molecule has 2 aromatic rings. The van der Waals surface area contributed by atoms with Gasteiger partial charge in [0.1, 0.15) is 0 Å². The zero-order valence-corrected chi connectivity index (χ0v) is 18.6. The van der Waals surface area contributed by atoms with Crippen LogP contribution in [0.2, 0.25) is 0 Å². The van der Waals surface area contributed by atoms with Crippen LogP contribution < -0.4 is 9.46 Å². The van der Waals surface area contributed by atoms with E-state index < -0.39 is 34.0 Å². The third kappa shape index (κ3) is 6.13. The van der Waals surface area contributed by atoms with E-state index in [1.165, 1.54) is 43.5 Å². The van der Waals surface area contributed by atoms with Crippen molar-refractivity contribution in [2.75, 3.05) is 13.7 Å². The quantitative estimate of drug-likeness (QED) is 0.532. The summed E-state index contributed by atoms with van der Waals surface area (Å²) >= 11 is 0. The highest BCUT2D eigenvalue weighted by atomic mass is 32.2. The van der Waals surface area contributed by atoms with E-state index in [4.69, 9.17) is 4.74 Å². The first-order valence-corrected chi connectivity index (χ1v) is 10.9. The maximum atomic E-state index is 14.3. The van der Waals surface area contributed by atoms with Gasteiger partial charge in [-0.05, 0) is 61.7 Å². The second-order valence-electron chi connectivity index (χ2n) is 7.86. The number of aliphatic hydroxyl groups excluding tert-OH is 1. The molecule has 0 aliphatic heterocycles. The summed E-state index contributed by atoms with van der Waals surface area (Å²) in [6.45, 7) is 4.72. The fourth-order valence-corrected chi connectivity index (χ4v) is 4.47. The number of carboxylic acid groups (broad SMARTS) is 1. The number of methoxy groups -OCH3 is 1. The van der Waals surface area contributed by atoms with E-state index in [-0.39, 0.29) is 33.8 Å². The highest BCUT2D eigenvalue weighted by Gasteiger charge is 2.23. The number of carbonyl (C=O) groups is 1. The molecule has 0 fully saturated rings. The standard InChI is InChI=1S/C22H26FNO6S/c1-22(2,3)24-31(28,29)16-8-5-14(6-9-16)20(17(11-12-25)21(26)27)15-7-10-19(30-4)18(23)13-15/h5-10,13,24-25H,11-12H2,1-4H3,(H,26,27)/b20-17-. The zero-order chi connectivity index (χ0) is 23.4. The second kappa shape index (κ2) is 9.59. The molecule has 0 aromatic heterocycles. The molecular weight excluding hydrogens is 425 g/mol. The summed E-state index contributed by atoms with van der Waals surface area (Å²) in [5, 5.41) is 19.0. The smallest absolute Gasteiger partial charge is 0.332 e. The Labute approximate surface area is 181 Å². The highest BCUT2D eigenvalue weighted by molar-refractivity contribution is 7.89. The Hall–Kier alpha value is -2.75. The largest absolute Gasteiger partial charge is 0.494 e. The van der Waals surface area contributed by atoms with Crippen LogP contribution in [0.4, 0.5) is 4.39 Å². The van der Waals surface area contributed by atoms with Gasteiger partial charge in [0.2, 0.25) is 10.0 Å². The molecule has 2 aromatic carbocycles. The molecule has 0 amide bonds. The molecule has 2 rings (SSSR count). The van der Waals surface area contributed by atoms with Crippen LogP contribution in [0.3, 0.4) is 0 Å². The third-order valence-corrected chi connectivity index (χ3v) is 6.03. The molecule has 9 heteroatoms. The van der Waals surface area contributed by atoms with Gasteiger partial charge in [-0.1, -0.05) is 18.2 Å². The van der Waals surface area contributed by atoms with Crippen molar-refractivity contribution in [1.82, 2.24) is 4.72 Å². The van der Waals surface area contributed by atoms with Gasteiger partial charge in [-0.25, -0.2) is 22.3 Å². The molecule has 0 heterocycles. The Balaban J connectivity index is 2.65. The predicted molar refractivity (Wildman–Crippen MR) is 115 cm³/mol. The van der Waals surface area contributed by atoms with Gasteiger partial charge in [-0.3, -0.25) is 0 Å². The molecule has 0 aliphatic carbocycles. The summed E-state index contributed by atoms with van der Waals surface area (Å²) in [7, 11) is -2.47. The number of rotatable bonds is 8. The molecular formula is C22H26FNO6S. The first-order valence-electron chi connectivity index (χ1n) is 9.45. The monoisotopic (exact) mass is 451 g/mol. The number of nitrogens with one attached hydrogen (secondary N) is 1. The van der Waals surface area contributed by atoms with Crippen molar-refractivity contribution < 1.29 is 32.6 Å². The summed E-state index contributed by atoms with van der Waals surface area (Å²) in [4.78, 5) is 11.9. The van der Waals surface area contributed by atoms with Crippen molar-refractivity contribution in [1.29, 1.82) is 0 Å². The summed E-state index contributed by atoms with van der Waals surface area (Å²) in [5.41, 5.74) is -0.00938. The average molecular weight is 452 g/mol. The van der Waals surface area contributed by atoms with Crippen LogP contribution >= 0.6 is 0 Å². The van der Waals surface area contributed by atoms with Crippen molar-refractivity contribution in [3.05, 3.63) is 65.0 Å². The molecule has 0 bridgehead atoms. The zero-order valence-electron chi connectivity index (χ0n) is 17.8. The van der Waals surface area contributed by atoms with Crippen molar-refractivity contribution in [2.24, 2.45) is 0 Å². The number of aliphatic hydroxyl groups is 1. The lowest BCUT2D eigenvalue weighted by atomic mass is 9.91. The Kier molecular flexibility index (Phi) is 7.58. The fourth-order valence-electron chi connectivity index (χ4n) is 3.05. The summed E-state index contributed by atoms with van der Waals surface area (Å²) < 4.78 is 46.9. The Morgan fingerprint density at radius 2 is 1.68 bits per heavy atom. The first-order chi connectivity index (χ1) is 14.4. The van der Waals surface area contributed by atoms with E-state index in [1.807, 2.05) is 0 Å². The molecule has 0 radical (unpaired) electrons. The van der Waals surface area contributed by atoms with Crippen LogP contribution in [0.5, 0.6) is 5.75 Å². The third-order valence-electron chi connectivity index (χ3n) is 4.26. The Morgan fingerprint density at radius 3 is 2.13 bits per heavy atom. The van der Waals surface area contributed by atoms with Gasteiger partial charge in [-0.2, -0.15) is 0 Å². The van der Waals surface area contributed by atoms with Crippen LogP contribution in [0, 0.1) is 5.82 Å². The molecule has 0 aliphatic rings. The van der Waals surface area contributed by atoms with Gasteiger partial charge >= 0.3 is 5.97 Å². The predicted octanol–water partition coefficient (Wildman–Crippen LogP) is 3.18. The SMILES string of the molecule is COc1ccc(/C(=C(/CCO)C(=O)O)c2ccc(S(=O)(=O)NC(C)(C)C)cc2)cc1F. The van der Waals surface area contributed by atoms with E-state index in [2.05, 4.69) is 4.72 Å². The van der Waals surface area contributed by atoms with Crippen LogP contribution in [0.25, 0.3) is 5.57 Å². The maximum Gasteiger partial charge on any atom is 0.332 e. The van der Waals surface area contributed by atoms with Crippen LogP contribution in [-0.2, 0) is 14.8 Å². The van der Waals surface area contributed by atoms with Crippen LogP contribution in [0.15, 0.2) is 52.9 Å². The lowest BCUT2D eigenvalue weighted by molar-refractivity contribution is -0.132. The number of halogens is 1. The van der Waals surface area contributed by atoms with Crippen molar-refractivity contribution >= 4 is 21.6 Å². The highest BCUT2D eigenvalue weighted by Crippen LogP contribution is 2.32. The number of hydrogen-bond donors (Lipinski definition) is 3. The molecule has 168 valence electrons. The Morgan fingerprint density at radius 1 is 1.10 bits per heavy atom. The van der Waals surface area contributed by atoms with Gasteiger partial charge in [0, 0.05) is 24.1 Å². The van der Waals surface area contributed by atoms with Crippen molar-refractivity contribution in [2.45, 2.75) is 37.6 Å². The molecule has 3 N–H and O–H groups in total. The van der Waals surface area contributed by atoms with Crippen LogP contribution in [-0.4, -0.2) is 43.9 Å². The number of aliphatic carboxylic acids is 1. The Bertz CT molecular complexity index is 1090.